The Balaban J connectivity index is 1.25. The lowest BCUT2D eigenvalue weighted by Gasteiger charge is -2.35. The van der Waals surface area contributed by atoms with Gasteiger partial charge in [-0.1, -0.05) is 11.3 Å². The molecule has 3 aliphatic heterocycles. The maximum absolute atomic E-state index is 13.4. The molecule has 1 saturated carbocycles. The van der Waals surface area contributed by atoms with Gasteiger partial charge in [0.1, 0.15) is 0 Å². The van der Waals surface area contributed by atoms with Crippen molar-refractivity contribution in [1.29, 1.82) is 0 Å². The number of alkyl halides is 2. The first-order valence-corrected chi connectivity index (χ1v) is 10.9. The fourth-order valence-corrected chi connectivity index (χ4v) is 6.45. The van der Waals surface area contributed by atoms with Crippen molar-refractivity contribution in [2.75, 3.05) is 24.5 Å². The van der Waals surface area contributed by atoms with E-state index >= 15 is 0 Å². The first-order valence-electron chi connectivity index (χ1n) is 10.1. The minimum atomic E-state index is -2.57. The van der Waals surface area contributed by atoms with Gasteiger partial charge in [-0.05, 0) is 25.2 Å². The monoisotopic (exact) mass is 396 g/mol. The molecular formula is C19H26F2N4OS. The van der Waals surface area contributed by atoms with Gasteiger partial charge in [-0.25, -0.2) is 13.8 Å². The molecular weight excluding hydrogens is 370 g/mol. The fraction of sp³-hybridized carbons (Fsp3) is 0.789. The summed E-state index contributed by atoms with van der Waals surface area (Å²) >= 11 is 1.73. The lowest BCUT2D eigenvalue weighted by Crippen LogP contribution is -2.51. The summed E-state index contributed by atoms with van der Waals surface area (Å²) < 4.78 is 26.8. The molecule has 1 aliphatic carbocycles. The van der Waals surface area contributed by atoms with Gasteiger partial charge in [0.15, 0.2) is 5.13 Å². The van der Waals surface area contributed by atoms with Gasteiger partial charge in [-0.2, -0.15) is 0 Å². The van der Waals surface area contributed by atoms with Gasteiger partial charge in [-0.15, -0.1) is 0 Å². The number of rotatable bonds is 3. The highest BCUT2D eigenvalue weighted by atomic mass is 32.1. The van der Waals surface area contributed by atoms with Crippen LogP contribution in [0.15, 0.2) is 0 Å². The Bertz CT molecular complexity index is 723. The number of thiazole rings is 1. The number of amides is 1. The Morgan fingerprint density at radius 1 is 1.26 bits per heavy atom. The molecule has 0 spiro atoms. The second-order valence-electron chi connectivity index (χ2n) is 8.55. The van der Waals surface area contributed by atoms with Crippen LogP contribution in [0.3, 0.4) is 0 Å². The molecule has 3 unspecified atom stereocenters. The second-order valence-corrected chi connectivity index (χ2v) is 9.61. The molecule has 148 valence electrons. The van der Waals surface area contributed by atoms with E-state index in [1.165, 1.54) is 17.7 Å². The van der Waals surface area contributed by atoms with E-state index in [0.717, 1.165) is 30.3 Å². The number of hydrogen-bond donors (Lipinski definition) is 1. The zero-order chi connectivity index (χ0) is 18.6. The van der Waals surface area contributed by atoms with Gasteiger partial charge in [0.05, 0.1) is 12.2 Å². The third-order valence-electron chi connectivity index (χ3n) is 6.64. The van der Waals surface area contributed by atoms with Crippen LogP contribution in [0.25, 0.3) is 0 Å². The Kier molecular flexibility index (Phi) is 4.39. The average Bonchev–Trinajstić information content (AvgIpc) is 3.27. The molecule has 3 atom stereocenters. The van der Waals surface area contributed by atoms with Gasteiger partial charge in [-0.3, -0.25) is 4.79 Å². The number of carbonyl (C=O) groups excluding carboxylic acids is 1. The molecule has 27 heavy (non-hydrogen) atoms. The average molecular weight is 397 g/mol. The molecule has 1 aromatic heterocycles. The normalized spacial score (nSPS) is 32.0. The van der Waals surface area contributed by atoms with E-state index < -0.39 is 5.92 Å². The fourth-order valence-electron chi connectivity index (χ4n) is 5.19. The number of fused-ring (bicyclic) bond motifs is 3. The van der Waals surface area contributed by atoms with E-state index in [0.29, 0.717) is 31.6 Å². The van der Waals surface area contributed by atoms with Crippen LogP contribution < -0.4 is 10.2 Å². The lowest BCUT2D eigenvalue weighted by atomic mass is 10.0. The molecule has 8 heteroatoms. The number of piperazine rings is 1. The highest BCUT2D eigenvalue weighted by Gasteiger charge is 2.41. The summed E-state index contributed by atoms with van der Waals surface area (Å²) in [5, 5.41) is 4.61. The SMILES string of the molecule is O=C(CC1CCC(F)(F)C1)N1CCc2nc(N3C4CCC3CNC4)sc2C1. The third-order valence-corrected chi connectivity index (χ3v) is 7.74. The van der Waals surface area contributed by atoms with Crippen LogP contribution in [0.4, 0.5) is 13.9 Å². The molecule has 4 heterocycles. The van der Waals surface area contributed by atoms with Crippen molar-refractivity contribution < 1.29 is 13.6 Å². The second kappa shape index (κ2) is 6.65. The van der Waals surface area contributed by atoms with E-state index in [2.05, 4.69) is 10.2 Å². The summed E-state index contributed by atoms with van der Waals surface area (Å²) in [5.41, 5.74) is 1.13. The summed E-state index contributed by atoms with van der Waals surface area (Å²) in [6.07, 6.45) is 3.75. The van der Waals surface area contributed by atoms with E-state index in [1.54, 1.807) is 11.3 Å². The quantitative estimate of drug-likeness (QED) is 0.854. The van der Waals surface area contributed by atoms with Crippen molar-refractivity contribution in [2.45, 2.75) is 69.5 Å². The molecule has 1 amide bonds. The number of nitrogens with one attached hydrogen (secondary N) is 1. The number of halogens is 2. The van der Waals surface area contributed by atoms with Crippen molar-refractivity contribution >= 4 is 22.4 Å². The maximum Gasteiger partial charge on any atom is 0.248 e. The summed E-state index contributed by atoms with van der Waals surface area (Å²) in [6, 6.07) is 1.08. The van der Waals surface area contributed by atoms with Crippen LogP contribution >= 0.6 is 11.3 Å². The molecule has 0 aromatic carbocycles. The van der Waals surface area contributed by atoms with Gasteiger partial charge in [0, 0.05) is 62.3 Å². The third kappa shape index (κ3) is 3.35. The Morgan fingerprint density at radius 2 is 2.04 bits per heavy atom. The molecule has 5 rings (SSSR count). The Hall–Kier alpha value is -1.28. The zero-order valence-corrected chi connectivity index (χ0v) is 16.2. The molecule has 5 nitrogen and oxygen atoms in total. The van der Waals surface area contributed by atoms with Crippen LogP contribution in [0.5, 0.6) is 0 Å². The number of anilines is 1. The number of carbonyl (C=O) groups is 1. The minimum absolute atomic E-state index is 0.0283. The zero-order valence-electron chi connectivity index (χ0n) is 15.4. The van der Waals surface area contributed by atoms with Crippen LogP contribution in [-0.4, -0.2) is 53.4 Å². The molecule has 1 N–H and O–H groups in total. The molecule has 4 aliphatic rings. The van der Waals surface area contributed by atoms with Crippen LogP contribution in [0.1, 0.15) is 49.1 Å². The highest BCUT2D eigenvalue weighted by Crippen LogP contribution is 2.41. The van der Waals surface area contributed by atoms with E-state index in [9.17, 15) is 13.6 Å². The van der Waals surface area contributed by atoms with Gasteiger partial charge >= 0.3 is 0 Å². The van der Waals surface area contributed by atoms with Crippen LogP contribution in [-0.2, 0) is 17.8 Å². The summed E-state index contributed by atoms with van der Waals surface area (Å²) in [4.78, 5) is 23.1. The van der Waals surface area contributed by atoms with Crippen LogP contribution in [0.2, 0.25) is 0 Å². The number of nitrogens with zero attached hydrogens (tertiary/aromatic N) is 3. The highest BCUT2D eigenvalue weighted by molar-refractivity contribution is 7.15. The summed E-state index contributed by atoms with van der Waals surface area (Å²) in [7, 11) is 0. The summed E-state index contributed by atoms with van der Waals surface area (Å²) in [6.45, 7) is 3.30. The first-order chi connectivity index (χ1) is 13.0. The van der Waals surface area contributed by atoms with Gasteiger partial charge < -0.3 is 15.1 Å². The molecule has 1 aromatic rings. The smallest absolute Gasteiger partial charge is 0.248 e. The van der Waals surface area contributed by atoms with E-state index in [4.69, 9.17) is 4.98 Å². The van der Waals surface area contributed by atoms with Crippen LogP contribution in [0, 0.1) is 5.92 Å². The van der Waals surface area contributed by atoms with Crippen molar-refractivity contribution in [3.05, 3.63) is 10.6 Å². The van der Waals surface area contributed by atoms with Crippen molar-refractivity contribution in [3.63, 3.8) is 0 Å². The Morgan fingerprint density at radius 3 is 2.74 bits per heavy atom. The van der Waals surface area contributed by atoms with Crippen molar-refractivity contribution in [1.82, 2.24) is 15.2 Å². The van der Waals surface area contributed by atoms with Gasteiger partial charge in [0.25, 0.3) is 0 Å². The largest absolute Gasteiger partial charge is 0.340 e. The minimum Gasteiger partial charge on any atom is -0.340 e. The number of aromatic nitrogens is 1. The molecule has 0 radical (unpaired) electrons. The Labute approximate surface area is 162 Å². The molecule has 2 saturated heterocycles. The standard InChI is InChI=1S/C19H26F2N4OS/c20-19(21)5-3-12(8-19)7-17(26)24-6-4-15-16(11-24)27-18(23-15)25-13-1-2-14(25)10-22-9-13/h12-14,22H,1-11H2. The lowest BCUT2D eigenvalue weighted by molar-refractivity contribution is -0.133. The topological polar surface area (TPSA) is 48.5 Å². The van der Waals surface area contributed by atoms with Crippen molar-refractivity contribution in [3.8, 4) is 0 Å². The predicted octanol–water partition coefficient (Wildman–Crippen LogP) is 2.79. The van der Waals surface area contributed by atoms with Gasteiger partial charge in [0.2, 0.25) is 11.8 Å². The maximum atomic E-state index is 13.4. The molecule has 2 bridgehead atoms. The van der Waals surface area contributed by atoms with E-state index in [1.807, 2.05) is 4.90 Å². The van der Waals surface area contributed by atoms with Crippen molar-refractivity contribution in [2.24, 2.45) is 5.92 Å². The number of hydrogen-bond acceptors (Lipinski definition) is 5. The first kappa shape index (κ1) is 17.8. The predicted molar refractivity (Wildman–Crippen MR) is 100 cm³/mol. The molecule has 3 fully saturated rings. The summed E-state index contributed by atoms with van der Waals surface area (Å²) in [5.74, 6) is -2.71. The van der Waals surface area contributed by atoms with E-state index in [-0.39, 0.29) is 31.1 Å².